The lowest BCUT2D eigenvalue weighted by Gasteiger charge is -2.12. The minimum atomic E-state index is -4.90. The number of carbonyl (C=O) groups excluding carboxylic acids is 1. The summed E-state index contributed by atoms with van der Waals surface area (Å²) in [6.45, 7) is -0.288. The lowest BCUT2D eigenvalue weighted by molar-refractivity contribution is -0.276. The van der Waals surface area contributed by atoms with Crippen LogP contribution in [0.25, 0.3) is 0 Å². The molecule has 0 radical (unpaired) electrons. The molecule has 0 atom stereocenters. The quantitative estimate of drug-likeness (QED) is 0.784. The number of anilines is 1. The van der Waals surface area contributed by atoms with Crippen LogP contribution in [0.2, 0.25) is 0 Å². The molecule has 0 spiro atoms. The molecule has 0 bridgehead atoms. The smallest absolute Gasteiger partial charge is 0.465 e. The molecule has 0 aliphatic carbocycles. The number of halogens is 3. The van der Waals surface area contributed by atoms with Gasteiger partial charge in [-0.1, -0.05) is 0 Å². The van der Waals surface area contributed by atoms with E-state index in [1.807, 2.05) is 0 Å². The predicted octanol–water partition coefficient (Wildman–Crippen LogP) is 0.808. The van der Waals surface area contributed by atoms with Gasteiger partial charge in [0, 0.05) is 12.6 Å². The Morgan fingerprint density at radius 3 is 2.56 bits per heavy atom. The molecular formula is C9H10F3N3O3. The maximum atomic E-state index is 12.0. The Morgan fingerprint density at radius 2 is 2.11 bits per heavy atom. The van der Waals surface area contributed by atoms with Gasteiger partial charge in [0.05, 0.1) is 18.5 Å². The standard InChI is InChI=1S/C9H10F3N3O3/c1-17-8(16)7-4(14)2-6(15-5(7)3-13)18-9(10,11)12/h2H,3,13H2,1H3,(H2,14,15). The number of methoxy groups -OCH3 is 1. The molecule has 18 heavy (non-hydrogen) atoms. The monoisotopic (exact) mass is 265 g/mol. The SMILES string of the molecule is COC(=O)c1c(N)cc(OC(F)(F)F)nc1CN. The lowest BCUT2D eigenvalue weighted by atomic mass is 10.1. The zero-order valence-corrected chi connectivity index (χ0v) is 9.25. The highest BCUT2D eigenvalue weighted by molar-refractivity contribution is 5.96. The first kappa shape index (κ1) is 14.0. The fraction of sp³-hybridized carbons (Fsp3) is 0.333. The van der Waals surface area contributed by atoms with Crippen LogP contribution in [0.4, 0.5) is 18.9 Å². The minimum Gasteiger partial charge on any atom is -0.465 e. The van der Waals surface area contributed by atoms with Crippen molar-refractivity contribution in [1.82, 2.24) is 4.98 Å². The highest BCUT2D eigenvalue weighted by Crippen LogP contribution is 2.26. The Balaban J connectivity index is 3.23. The number of hydrogen-bond donors (Lipinski definition) is 2. The van der Waals surface area contributed by atoms with Gasteiger partial charge in [0.15, 0.2) is 0 Å². The number of rotatable bonds is 3. The number of pyridine rings is 1. The number of carbonyl (C=O) groups is 1. The van der Waals surface area contributed by atoms with Gasteiger partial charge < -0.3 is 20.9 Å². The molecule has 9 heteroatoms. The van der Waals surface area contributed by atoms with Crippen molar-refractivity contribution in [3.63, 3.8) is 0 Å². The van der Waals surface area contributed by atoms with Gasteiger partial charge >= 0.3 is 12.3 Å². The number of alkyl halides is 3. The summed E-state index contributed by atoms with van der Waals surface area (Å²) in [7, 11) is 1.10. The first-order valence-electron chi connectivity index (χ1n) is 4.62. The Bertz CT molecular complexity index is 462. The van der Waals surface area contributed by atoms with E-state index in [2.05, 4.69) is 14.5 Å². The van der Waals surface area contributed by atoms with Gasteiger partial charge in [0.2, 0.25) is 5.88 Å². The van der Waals surface area contributed by atoms with E-state index in [1.54, 1.807) is 0 Å². The van der Waals surface area contributed by atoms with E-state index in [1.165, 1.54) is 0 Å². The Labute approximate surface area is 99.7 Å². The van der Waals surface area contributed by atoms with Crippen LogP contribution in [0.15, 0.2) is 6.07 Å². The van der Waals surface area contributed by atoms with Gasteiger partial charge in [0.1, 0.15) is 5.56 Å². The molecule has 1 aromatic rings. The third-order valence-corrected chi connectivity index (χ3v) is 1.90. The fourth-order valence-electron chi connectivity index (χ4n) is 1.25. The first-order chi connectivity index (χ1) is 8.28. The second kappa shape index (κ2) is 5.08. The number of hydrogen-bond acceptors (Lipinski definition) is 6. The molecule has 0 aromatic carbocycles. The maximum Gasteiger partial charge on any atom is 0.574 e. The number of nitrogens with zero attached hydrogens (tertiary/aromatic N) is 1. The molecule has 0 aliphatic heterocycles. The number of aromatic nitrogens is 1. The second-order valence-electron chi connectivity index (χ2n) is 3.11. The van der Waals surface area contributed by atoms with Crippen LogP contribution < -0.4 is 16.2 Å². The normalized spacial score (nSPS) is 11.2. The fourth-order valence-corrected chi connectivity index (χ4v) is 1.25. The van der Waals surface area contributed by atoms with Crippen LogP contribution in [0.5, 0.6) is 5.88 Å². The molecular weight excluding hydrogens is 255 g/mol. The average Bonchev–Trinajstić information content (AvgIpc) is 2.24. The minimum absolute atomic E-state index is 0.138. The summed E-state index contributed by atoms with van der Waals surface area (Å²) in [5.74, 6) is -1.62. The molecule has 0 aliphatic rings. The topological polar surface area (TPSA) is 100 Å². The average molecular weight is 265 g/mol. The first-order valence-corrected chi connectivity index (χ1v) is 4.62. The van der Waals surface area contributed by atoms with Crippen molar-refractivity contribution in [3.8, 4) is 5.88 Å². The Morgan fingerprint density at radius 1 is 1.50 bits per heavy atom. The zero-order chi connectivity index (χ0) is 13.9. The molecule has 0 saturated carbocycles. The van der Waals surface area contributed by atoms with Gasteiger partial charge in [-0.3, -0.25) is 0 Å². The molecule has 0 saturated heterocycles. The lowest BCUT2D eigenvalue weighted by Crippen LogP contribution is -2.20. The van der Waals surface area contributed by atoms with E-state index in [4.69, 9.17) is 11.5 Å². The van der Waals surface area contributed by atoms with Gasteiger partial charge in [-0.15, -0.1) is 13.2 Å². The van der Waals surface area contributed by atoms with E-state index in [-0.39, 0.29) is 23.5 Å². The van der Waals surface area contributed by atoms with Crippen molar-refractivity contribution in [1.29, 1.82) is 0 Å². The van der Waals surface area contributed by atoms with E-state index in [0.717, 1.165) is 13.2 Å². The molecule has 1 heterocycles. The highest BCUT2D eigenvalue weighted by Gasteiger charge is 2.32. The Hall–Kier alpha value is -2.03. The molecule has 0 amide bonds. The van der Waals surface area contributed by atoms with Crippen LogP contribution in [0.1, 0.15) is 16.1 Å². The molecule has 0 unspecified atom stereocenters. The summed E-state index contributed by atoms with van der Waals surface area (Å²) in [5.41, 5.74) is 10.2. The van der Waals surface area contributed by atoms with Crippen LogP contribution in [-0.4, -0.2) is 24.4 Å². The molecule has 4 N–H and O–H groups in total. The predicted molar refractivity (Wildman–Crippen MR) is 54.6 cm³/mol. The highest BCUT2D eigenvalue weighted by atomic mass is 19.4. The Kier molecular flexibility index (Phi) is 3.96. The van der Waals surface area contributed by atoms with E-state index < -0.39 is 18.2 Å². The summed E-state index contributed by atoms with van der Waals surface area (Å²) >= 11 is 0. The van der Waals surface area contributed by atoms with Crippen molar-refractivity contribution in [2.45, 2.75) is 12.9 Å². The molecule has 6 nitrogen and oxygen atoms in total. The number of esters is 1. The summed E-state index contributed by atoms with van der Waals surface area (Å²) in [6.07, 6.45) is -4.90. The van der Waals surface area contributed by atoms with E-state index in [0.29, 0.717) is 0 Å². The largest absolute Gasteiger partial charge is 0.574 e. The molecule has 0 fully saturated rings. The number of nitrogens with two attached hydrogens (primary N) is 2. The summed E-state index contributed by atoms with van der Waals surface area (Å²) < 4.78 is 44.0. The third kappa shape index (κ3) is 3.23. The van der Waals surface area contributed by atoms with Crippen LogP contribution in [0.3, 0.4) is 0 Å². The van der Waals surface area contributed by atoms with Crippen molar-refractivity contribution >= 4 is 11.7 Å². The van der Waals surface area contributed by atoms with Gasteiger partial charge in [-0.2, -0.15) is 0 Å². The van der Waals surface area contributed by atoms with Crippen molar-refractivity contribution in [2.24, 2.45) is 5.73 Å². The van der Waals surface area contributed by atoms with Gasteiger partial charge in [-0.25, -0.2) is 9.78 Å². The number of ether oxygens (including phenoxy) is 2. The van der Waals surface area contributed by atoms with E-state index >= 15 is 0 Å². The second-order valence-corrected chi connectivity index (χ2v) is 3.11. The van der Waals surface area contributed by atoms with Gasteiger partial charge in [-0.05, 0) is 0 Å². The summed E-state index contributed by atoms with van der Waals surface area (Å²) in [5, 5.41) is 0. The van der Waals surface area contributed by atoms with Crippen molar-refractivity contribution in [3.05, 3.63) is 17.3 Å². The maximum absolute atomic E-state index is 12.0. The van der Waals surface area contributed by atoms with Crippen molar-refractivity contribution < 1.29 is 27.4 Å². The van der Waals surface area contributed by atoms with Crippen LogP contribution >= 0.6 is 0 Å². The van der Waals surface area contributed by atoms with Gasteiger partial charge in [0.25, 0.3) is 0 Å². The van der Waals surface area contributed by atoms with Crippen LogP contribution in [0, 0.1) is 0 Å². The molecule has 100 valence electrons. The van der Waals surface area contributed by atoms with E-state index in [9.17, 15) is 18.0 Å². The molecule has 1 aromatic heterocycles. The van der Waals surface area contributed by atoms with Crippen molar-refractivity contribution in [2.75, 3.05) is 12.8 Å². The molecule has 1 rings (SSSR count). The number of nitrogen functional groups attached to an aromatic ring is 1. The summed E-state index contributed by atoms with van der Waals surface area (Å²) in [6, 6.07) is 0.777. The summed E-state index contributed by atoms with van der Waals surface area (Å²) in [4.78, 5) is 14.8. The zero-order valence-electron chi connectivity index (χ0n) is 9.25. The third-order valence-electron chi connectivity index (χ3n) is 1.90. The van der Waals surface area contributed by atoms with Crippen LogP contribution in [-0.2, 0) is 11.3 Å².